The molecule has 3 heterocycles. The van der Waals surface area contributed by atoms with Gasteiger partial charge in [-0.3, -0.25) is 4.79 Å². The summed E-state index contributed by atoms with van der Waals surface area (Å²) in [6, 6.07) is 18.8. The predicted molar refractivity (Wildman–Crippen MR) is 118 cm³/mol. The average molecular weight is 434 g/mol. The van der Waals surface area contributed by atoms with Gasteiger partial charge in [0.05, 0.1) is 22.9 Å². The first-order chi connectivity index (χ1) is 15.0. The number of amides is 1. The van der Waals surface area contributed by atoms with Crippen LogP contribution in [-0.4, -0.2) is 42.5 Å². The smallest absolute Gasteiger partial charge is 0.331 e. The van der Waals surface area contributed by atoms with E-state index in [1.54, 1.807) is 29.2 Å². The van der Waals surface area contributed by atoms with Crippen molar-refractivity contribution < 1.29 is 14.3 Å². The Bertz CT molecular complexity index is 1030. The van der Waals surface area contributed by atoms with E-state index in [1.165, 1.54) is 0 Å². The number of carbonyl (C=O) groups is 2. The first kappa shape index (κ1) is 19.9. The summed E-state index contributed by atoms with van der Waals surface area (Å²) in [5, 5.41) is 0.0190. The quantitative estimate of drug-likeness (QED) is 0.439. The Kier molecular flexibility index (Phi) is 5.06. The maximum atomic E-state index is 13.6. The molecular weight excluding hydrogens is 410 g/mol. The number of aromatic nitrogens is 2. The number of ether oxygens (including phenoxy) is 1. The normalized spacial score (nSPS) is 24.7. The molecule has 2 aliphatic rings. The topological polar surface area (TPSA) is 64.4 Å². The number of esters is 1. The summed E-state index contributed by atoms with van der Waals surface area (Å²) in [5.41, 5.74) is 1.80. The van der Waals surface area contributed by atoms with E-state index in [1.807, 2.05) is 78.4 Å². The van der Waals surface area contributed by atoms with Gasteiger partial charge in [0.25, 0.3) is 0 Å². The van der Waals surface area contributed by atoms with Crippen molar-refractivity contribution in [3.63, 3.8) is 0 Å². The van der Waals surface area contributed by atoms with Gasteiger partial charge in [0, 0.05) is 18.9 Å². The molecule has 1 aromatic heterocycles. The molecule has 7 heteroatoms. The molecule has 0 spiro atoms. The number of benzene rings is 2. The van der Waals surface area contributed by atoms with Crippen LogP contribution >= 0.6 is 11.8 Å². The molecule has 2 aromatic carbocycles. The second-order valence-electron chi connectivity index (χ2n) is 8.17. The molecule has 3 aromatic rings. The average Bonchev–Trinajstić information content (AvgIpc) is 3.36. The minimum absolute atomic E-state index is 0.00442. The van der Waals surface area contributed by atoms with Crippen LogP contribution in [0, 0.1) is 0 Å². The summed E-state index contributed by atoms with van der Waals surface area (Å²) in [7, 11) is 0. The molecule has 0 aliphatic carbocycles. The summed E-state index contributed by atoms with van der Waals surface area (Å²) in [6.07, 6.45) is 5.27. The van der Waals surface area contributed by atoms with E-state index in [0.717, 1.165) is 11.1 Å². The summed E-state index contributed by atoms with van der Waals surface area (Å²) >= 11 is 1.68. The van der Waals surface area contributed by atoms with Crippen LogP contribution < -0.4 is 0 Å². The molecule has 2 fully saturated rings. The Morgan fingerprint density at radius 2 is 1.81 bits per heavy atom. The first-order valence-electron chi connectivity index (χ1n) is 10.3. The second kappa shape index (κ2) is 7.89. The SMILES string of the molecule is C[C@@]1(Cn2ccnc2)S[C@@H]2CC(=O)N2[C@H]1C(=O)OC(c1ccccc1)c1ccccc1. The summed E-state index contributed by atoms with van der Waals surface area (Å²) in [6.45, 7) is 2.61. The third kappa shape index (κ3) is 3.63. The number of carbonyl (C=O) groups excluding carboxylic acids is 2. The number of rotatable bonds is 6. The summed E-state index contributed by atoms with van der Waals surface area (Å²) < 4.78 is 7.60. The highest BCUT2D eigenvalue weighted by Crippen LogP contribution is 2.52. The van der Waals surface area contributed by atoms with E-state index in [9.17, 15) is 9.59 Å². The van der Waals surface area contributed by atoms with Crippen molar-refractivity contribution in [1.82, 2.24) is 14.5 Å². The van der Waals surface area contributed by atoms with Gasteiger partial charge in [-0.25, -0.2) is 9.78 Å². The lowest BCUT2D eigenvalue weighted by Crippen LogP contribution is -2.58. The van der Waals surface area contributed by atoms with E-state index in [2.05, 4.69) is 4.98 Å². The lowest BCUT2D eigenvalue weighted by molar-refractivity contribution is -0.164. The lowest BCUT2D eigenvalue weighted by Gasteiger charge is -2.38. The maximum Gasteiger partial charge on any atom is 0.331 e. The van der Waals surface area contributed by atoms with Crippen LogP contribution in [0.15, 0.2) is 79.4 Å². The highest BCUT2D eigenvalue weighted by Gasteiger charge is 2.61. The van der Waals surface area contributed by atoms with Gasteiger partial charge in [0.1, 0.15) is 6.04 Å². The maximum absolute atomic E-state index is 13.6. The molecule has 1 amide bonds. The van der Waals surface area contributed by atoms with Gasteiger partial charge in [0.15, 0.2) is 6.10 Å². The Hall–Kier alpha value is -3.06. The van der Waals surface area contributed by atoms with Crippen LogP contribution in [0.5, 0.6) is 0 Å². The Morgan fingerprint density at radius 3 is 2.35 bits per heavy atom. The Balaban J connectivity index is 1.46. The predicted octanol–water partition coefficient (Wildman–Crippen LogP) is 3.65. The highest BCUT2D eigenvalue weighted by molar-refractivity contribution is 8.01. The zero-order valence-electron chi connectivity index (χ0n) is 17.1. The van der Waals surface area contributed by atoms with Crippen LogP contribution in [0.25, 0.3) is 0 Å². The second-order valence-corrected chi connectivity index (χ2v) is 9.88. The van der Waals surface area contributed by atoms with E-state index in [0.29, 0.717) is 13.0 Å². The lowest BCUT2D eigenvalue weighted by atomic mass is 9.95. The molecule has 6 nitrogen and oxygen atoms in total. The van der Waals surface area contributed by atoms with Crippen molar-refractivity contribution in [1.29, 1.82) is 0 Å². The first-order valence-corrected chi connectivity index (χ1v) is 11.2. The van der Waals surface area contributed by atoms with Crippen LogP contribution in [0.1, 0.15) is 30.6 Å². The standard InChI is InChI=1S/C24H23N3O3S/c1-24(15-26-13-12-25-16-26)22(27-19(28)14-20(27)31-24)23(29)30-21(17-8-4-2-5-9-17)18-10-6-3-7-11-18/h2-13,16,20-22H,14-15H2,1H3/t20-,22+,24+/m1/s1. The van der Waals surface area contributed by atoms with Gasteiger partial charge >= 0.3 is 5.97 Å². The fourth-order valence-corrected chi connectivity index (χ4v) is 6.24. The van der Waals surface area contributed by atoms with E-state index < -0.39 is 16.9 Å². The molecule has 2 aliphatic heterocycles. The summed E-state index contributed by atoms with van der Waals surface area (Å²) in [4.78, 5) is 31.9. The molecule has 2 saturated heterocycles. The van der Waals surface area contributed by atoms with E-state index >= 15 is 0 Å². The van der Waals surface area contributed by atoms with Crippen LogP contribution in [0.4, 0.5) is 0 Å². The molecule has 3 atom stereocenters. The molecule has 31 heavy (non-hydrogen) atoms. The molecule has 0 bridgehead atoms. The molecule has 0 radical (unpaired) electrons. The summed E-state index contributed by atoms with van der Waals surface area (Å²) in [5.74, 6) is -0.367. The minimum atomic E-state index is -0.652. The van der Waals surface area contributed by atoms with Gasteiger partial charge < -0.3 is 14.2 Å². The number of nitrogens with zero attached hydrogens (tertiary/aromatic N) is 3. The number of fused-ring (bicyclic) bond motifs is 1. The van der Waals surface area contributed by atoms with E-state index in [4.69, 9.17) is 4.74 Å². The highest BCUT2D eigenvalue weighted by atomic mass is 32.2. The molecular formula is C24H23N3O3S. The zero-order chi connectivity index (χ0) is 21.4. The fraction of sp³-hybridized carbons (Fsp3) is 0.292. The Morgan fingerprint density at radius 1 is 1.16 bits per heavy atom. The van der Waals surface area contributed by atoms with Crippen molar-refractivity contribution in [3.8, 4) is 0 Å². The largest absolute Gasteiger partial charge is 0.451 e. The molecule has 5 rings (SSSR count). The van der Waals surface area contributed by atoms with Gasteiger partial charge in [-0.05, 0) is 18.1 Å². The van der Waals surface area contributed by atoms with Gasteiger partial charge in [-0.1, -0.05) is 60.7 Å². The Labute approximate surface area is 185 Å². The van der Waals surface area contributed by atoms with Crippen LogP contribution in [0.2, 0.25) is 0 Å². The van der Waals surface area contributed by atoms with E-state index in [-0.39, 0.29) is 17.3 Å². The van der Waals surface area contributed by atoms with Crippen molar-refractivity contribution >= 4 is 23.6 Å². The minimum Gasteiger partial charge on any atom is -0.451 e. The molecule has 0 saturated carbocycles. The molecule has 158 valence electrons. The van der Waals surface area contributed by atoms with Crippen molar-refractivity contribution in [3.05, 3.63) is 90.5 Å². The monoisotopic (exact) mass is 433 g/mol. The van der Waals surface area contributed by atoms with Crippen molar-refractivity contribution in [2.45, 2.75) is 42.2 Å². The number of hydrogen-bond acceptors (Lipinski definition) is 5. The van der Waals surface area contributed by atoms with Gasteiger partial charge in [-0.2, -0.15) is 0 Å². The van der Waals surface area contributed by atoms with Crippen molar-refractivity contribution in [2.24, 2.45) is 0 Å². The number of imidazole rings is 1. The number of thioether (sulfide) groups is 1. The van der Waals surface area contributed by atoms with Gasteiger partial charge in [-0.15, -0.1) is 11.8 Å². The third-order valence-corrected chi connectivity index (χ3v) is 7.48. The zero-order valence-corrected chi connectivity index (χ0v) is 17.9. The number of β-lactam (4-membered cyclic amide) rings is 1. The fourth-order valence-electron chi connectivity index (χ4n) is 4.47. The molecule has 0 unspecified atom stereocenters. The third-order valence-electron chi connectivity index (χ3n) is 5.93. The van der Waals surface area contributed by atoms with Gasteiger partial charge in [0.2, 0.25) is 5.91 Å². The number of hydrogen-bond donors (Lipinski definition) is 0. The molecule has 0 N–H and O–H groups in total. The van der Waals surface area contributed by atoms with Crippen LogP contribution in [-0.2, 0) is 20.9 Å². The van der Waals surface area contributed by atoms with Crippen molar-refractivity contribution in [2.75, 3.05) is 0 Å². The van der Waals surface area contributed by atoms with Crippen LogP contribution in [0.3, 0.4) is 0 Å².